The standard InChI is InChI=1S/C23H31F5N2O4S.ClH/c1-2-16-35(32,33)30-14-12-29(13-15-30)22(8-10-23(27,28)11-9-22)7-6-18(31)20-17(24)4-3-5-19(20)34-21(25)26;/h3-5,21H,2,6-16H2,1H3;1H. The van der Waals surface area contributed by atoms with Gasteiger partial charge in [-0.05, 0) is 37.8 Å². The first kappa shape index (κ1) is 30.7. The Hall–Kier alpha value is -1.50. The number of nitrogens with zero attached hydrogens (tertiary/aromatic N) is 2. The molecule has 0 atom stereocenters. The number of ketones is 1. The number of hydrogen-bond donors (Lipinski definition) is 0. The number of alkyl halides is 4. The highest BCUT2D eigenvalue weighted by molar-refractivity contribution is 7.89. The van der Waals surface area contributed by atoms with Crippen LogP contribution in [0.15, 0.2) is 18.2 Å². The van der Waals surface area contributed by atoms with Crippen molar-refractivity contribution in [2.75, 3.05) is 31.9 Å². The van der Waals surface area contributed by atoms with Crippen LogP contribution >= 0.6 is 12.4 Å². The van der Waals surface area contributed by atoms with Crippen LogP contribution in [0.25, 0.3) is 0 Å². The van der Waals surface area contributed by atoms with Gasteiger partial charge >= 0.3 is 6.61 Å². The third kappa shape index (κ3) is 7.29. The van der Waals surface area contributed by atoms with E-state index in [1.54, 1.807) is 6.92 Å². The molecule has 206 valence electrons. The van der Waals surface area contributed by atoms with Gasteiger partial charge in [-0.25, -0.2) is 21.6 Å². The van der Waals surface area contributed by atoms with Crippen molar-refractivity contribution in [2.24, 2.45) is 0 Å². The molecule has 1 aliphatic carbocycles. The molecule has 0 unspecified atom stereocenters. The van der Waals surface area contributed by atoms with Crippen molar-refractivity contribution >= 4 is 28.2 Å². The van der Waals surface area contributed by atoms with Gasteiger partial charge in [0.2, 0.25) is 15.9 Å². The zero-order valence-electron chi connectivity index (χ0n) is 20.0. The molecular formula is C23H32ClF5N2O4S. The number of ether oxygens (including phenoxy) is 1. The van der Waals surface area contributed by atoms with Gasteiger partial charge in [-0.3, -0.25) is 9.69 Å². The largest absolute Gasteiger partial charge is 0.434 e. The number of piperazine rings is 1. The predicted octanol–water partition coefficient (Wildman–Crippen LogP) is 5.12. The zero-order valence-corrected chi connectivity index (χ0v) is 21.7. The van der Waals surface area contributed by atoms with E-state index in [4.69, 9.17) is 0 Å². The number of rotatable bonds is 10. The Labute approximate surface area is 214 Å². The predicted molar refractivity (Wildman–Crippen MR) is 127 cm³/mol. The summed E-state index contributed by atoms with van der Waals surface area (Å²) >= 11 is 0. The summed E-state index contributed by atoms with van der Waals surface area (Å²) < 4.78 is 98.4. The van der Waals surface area contributed by atoms with Gasteiger partial charge in [-0.15, -0.1) is 12.4 Å². The van der Waals surface area contributed by atoms with Crippen molar-refractivity contribution in [1.29, 1.82) is 0 Å². The highest BCUT2D eigenvalue weighted by Gasteiger charge is 2.47. The molecule has 2 fully saturated rings. The Morgan fingerprint density at radius 3 is 2.25 bits per heavy atom. The monoisotopic (exact) mass is 562 g/mol. The van der Waals surface area contributed by atoms with Crippen molar-refractivity contribution in [3.05, 3.63) is 29.6 Å². The van der Waals surface area contributed by atoms with E-state index in [9.17, 15) is 35.2 Å². The number of Topliss-reactive ketones (excluding diaryl/α,β-unsaturated/α-hetero) is 1. The Kier molecular flexibility index (Phi) is 10.6. The maximum absolute atomic E-state index is 14.4. The minimum absolute atomic E-state index is 0. The summed E-state index contributed by atoms with van der Waals surface area (Å²) in [5.41, 5.74) is -1.38. The van der Waals surface area contributed by atoms with Crippen LogP contribution in [0, 0.1) is 5.82 Å². The van der Waals surface area contributed by atoms with E-state index < -0.39 is 51.0 Å². The summed E-state index contributed by atoms with van der Waals surface area (Å²) in [5, 5.41) is 0. The molecular weight excluding hydrogens is 531 g/mol. The first-order valence-corrected chi connectivity index (χ1v) is 13.4. The lowest BCUT2D eigenvalue weighted by Gasteiger charge is -2.51. The first-order chi connectivity index (χ1) is 16.4. The van der Waals surface area contributed by atoms with Crippen LogP contribution in [-0.2, 0) is 10.0 Å². The lowest BCUT2D eigenvalue weighted by molar-refractivity contribution is -0.0891. The Bertz CT molecular complexity index is 994. The lowest BCUT2D eigenvalue weighted by atomic mass is 9.74. The van der Waals surface area contributed by atoms with Crippen LogP contribution in [0.3, 0.4) is 0 Å². The average molecular weight is 563 g/mol. The maximum Gasteiger partial charge on any atom is 0.387 e. The minimum atomic E-state index is -3.39. The SMILES string of the molecule is CCCS(=O)(=O)N1CCN(C2(CCC(=O)c3c(F)cccc3OC(F)F)CCC(F)(F)CC2)CC1.Cl. The van der Waals surface area contributed by atoms with Gasteiger partial charge in [0.1, 0.15) is 11.6 Å². The molecule has 1 aliphatic heterocycles. The van der Waals surface area contributed by atoms with Crippen molar-refractivity contribution in [3.8, 4) is 5.75 Å². The molecule has 1 saturated heterocycles. The second-order valence-corrected chi connectivity index (χ2v) is 11.3. The quantitative estimate of drug-likeness (QED) is 0.293. The van der Waals surface area contributed by atoms with E-state index in [0.29, 0.717) is 19.5 Å². The summed E-state index contributed by atoms with van der Waals surface area (Å²) in [5.74, 6) is -5.11. The molecule has 1 aromatic carbocycles. The molecule has 0 spiro atoms. The lowest BCUT2D eigenvalue weighted by Crippen LogP contribution is -2.60. The number of halogens is 6. The van der Waals surface area contributed by atoms with Crippen LogP contribution in [0.2, 0.25) is 0 Å². The molecule has 0 radical (unpaired) electrons. The van der Waals surface area contributed by atoms with Gasteiger partial charge in [-0.2, -0.15) is 13.1 Å². The molecule has 0 aromatic heterocycles. The van der Waals surface area contributed by atoms with Gasteiger partial charge < -0.3 is 4.74 Å². The van der Waals surface area contributed by atoms with E-state index >= 15 is 0 Å². The van der Waals surface area contributed by atoms with E-state index in [2.05, 4.69) is 4.74 Å². The summed E-state index contributed by atoms with van der Waals surface area (Å²) in [7, 11) is -3.39. The Morgan fingerprint density at radius 2 is 1.69 bits per heavy atom. The van der Waals surface area contributed by atoms with Crippen molar-refractivity contribution < 1.29 is 39.9 Å². The third-order valence-electron chi connectivity index (χ3n) is 6.96. The van der Waals surface area contributed by atoms with Crippen LogP contribution in [0.4, 0.5) is 22.0 Å². The fourth-order valence-corrected chi connectivity index (χ4v) is 6.57. The van der Waals surface area contributed by atoms with Crippen LogP contribution in [0.1, 0.15) is 62.2 Å². The average Bonchev–Trinajstić information content (AvgIpc) is 2.78. The summed E-state index contributed by atoms with van der Waals surface area (Å²) in [4.78, 5) is 14.9. The van der Waals surface area contributed by atoms with Crippen LogP contribution in [0.5, 0.6) is 5.75 Å². The van der Waals surface area contributed by atoms with Gasteiger partial charge in [0.15, 0.2) is 5.78 Å². The summed E-state index contributed by atoms with van der Waals surface area (Å²) in [6.07, 6.45) is -0.229. The molecule has 2 aliphatic rings. The van der Waals surface area contributed by atoms with E-state index in [1.165, 1.54) is 4.31 Å². The molecule has 6 nitrogen and oxygen atoms in total. The fourth-order valence-electron chi connectivity index (χ4n) is 5.07. The van der Waals surface area contributed by atoms with Gasteiger partial charge in [0.25, 0.3) is 0 Å². The summed E-state index contributed by atoms with van der Waals surface area (Å²) in [6, 6.07) is 3.20. The number of sulfonamides is 1. The van der Waals surface area contributed by atoms with Crippen molar-refractivity contribution in [2.45, 2.75) is 69.9 Å². The van der Waals surface area contributed by atoms with Crippen molar-refractivity contribution in [1.82, 2.24) is 9.21 Å². The molecule has 3 rings (SSSR count). The molecule has 0 N–H and O–H groups in total. The molecule has 1 heterocycles. The summed E-state index contributed by atoms with van der Waals surface area (Å²) in [6.45, 7) is -0.391. The highest BCUT2D eigenvalue weighted by Crippen LogP contribution is 2.44. The Balaban J connectivity index is 0.00000456. The number of carbonyl (C=O) groups is 1. The molecule has 0 amide bonds. The normalized spacial score (nSPS) is 20.6. The zero-order chi connectivity index (χ0) is 25.9. The van der Waals surface area contributed by atoms with E-state index in [1.807, 2.05) is 4.90 Å². The van der Waals surface area contributed by atoms with Gasteiger partial charge in [0, 0.05) is 51.0 Å². The smallest absolute Gasteiger partial charge is 0.387 e. The minimum Gasteiger partial charge on any atom is -0.434 e. The number of benzene rings is 1. The van der Waals surface area contributed by atoms with E-state index in [0.717, 1.165) is 18.2 Å². The second-order valence-electron chi connectivity index (χ2n) is 9.20. The molecule has 13 heteroatoms. The fraction of sp³-hybridized carbons (Fsp3) is 0.696. The molecule has 1 aromatic rings. The van der Waals surface area contributed by atoms with Crippen LogP contribution < -0.4 is 4.74 Å². The van der Waals surface area contributed by atoms with Crippen molar-refractivity contribution in [3.63, 3.8) is 0 Å². The van der Waals surface area contributed by atoms with Crippen LogP contribution in [-0.4, -0.2) is 73.4 Å². The number of hydrogen-bond acceptors (Lipinski definition) is 5. The number of carbonyl (C=O) groups excluding carboxylic acids is 1. The van der Waals surface area contributed by atoms with Gasteiger partial charge in [-0.1, -0.05) is 13.0 Å². The van der Waals surface area contributed by atoms with E-state index in [-0.39, 0.29) is 69.8 Å². The second kappa shape index (κ2) is 12.4. The topological polar surface area (TPSA) is 66.9 Å². The maximum atomic E-state index is 14.4. The molecule has 36 heavy (non-hydrogen) atoms. The third-order valence-corrected chi connectivity index (χ3v) is 9.04. The van der Waals surface area contributed by atoms with Gasteiger partial charge in [0.05, 0.1) is 11.3 Å². The molecule has 1 saturated carbocycles. The Morgan fingerprint density at radius 1 is 1.08 bits per heavy atom. The first-order valence-electron chi connectivity index (χ1n) is 11.8. The molecule has 0 bridgehead atoms. The highest BCUT2D eigenvalue weighted by atomic mass is 35.5.